The van der Waals surface area contributed by atoms with Gasteiger partial charge in [-0.25, -0.2) is 4.99 Å². The van der Waals surface area contributed by atoms with Gasteiger partial charge in [-0.3, -0.25) is 0 Å². The predicted molar refractivity (Wildman–Crippen MR) is 113 cm³/mol. The molecule has 1 aliphatic heterocycles. The molecule has 2 fully saturated rings. The van der Waals surface area contributed by atoms with E-state index >= 15 is 0 Å². The van der Waals surface area contributed by atoms with Gasteiger partial charge in [0.2, 0.25) is 5.90 Å². The molecule has 2 nitrogen and oxygen atoms in total. The third kappa shape index (κ3) is 4.01. The molecule has 0 radical (unpaired) electrons. The molecule has 0 aromatic heterocycles. The summed E-state index contributed by atoms with van der Waals surface area (Å²) in [4.78, 5) is 4.93. The van der Waals surface area contributed by atoms with E-state index in [0.29, 0.717) is 6.61 Å². The molecule has 2 saturated carbocycles. The topological polar surface area (TPSA) is 21.6 Å². The zero-order valence-electron chi connectivity index (χ0n) is 16.5. The Bertz CT molecular complexity index is 623. The summed E-state index contributed by atoms with van der Waals surface area (Å²) in [7, 11) is -0.121. The molecule has 3 aliphatic rings. The van der Waals surface area contributed by atoms with Crippen LogP contribution < -0.4 is 5.30 Å². The maximum absolute atomic E-state index is 6.08. The van der Waals surface area contributed by atoms with E-state index in [2.05, 4.69) is 38.1 Å². The summed E-state index contributed by atoms with van der Waals surface area (Å²) in [6.45, 7) is 5.06. The normalized spacial score (nSPS) is 24.5. The van der Waals surface area contributed by atoms with Crippen LogP contribution in [-0.4, -0.2) is 29.4 Å². The minimum atomic E-state index is -0.121. The first-order valence-electron chi connectivity index (χ1n) is 10.7. The van der Waals surface area contributed by atoms with E-state index in [-0.39, 0.29) is 13.5 Å². The maximum atomic E-state index is 6.08. The molecule has 1 aromatic carbocycles. The van der Waals surface area contributed by atoms with Gasteiger partial charge < -0.3 is 4.74 Å². The lowest BCUT2D eigenvalue weighted by Gasteiger charge is -2.39. The van der Waals surface area contributed by atoms with Gasteiger partial charge in [0, 0.05) is 5.56 Å². The Labute approximate surface area is 160 Å². The van der Waals surface area contributed by atoms with Crippen molar-refractivity contribution >= 4 is 19.1 Å². The molecule has 3 heteroatoms. The predicted octanol–water partition coefficient (Wildman–Crippen LogP) is 6.01. The van der Waals surface area contributed by atoms with Crippen molar-refractivity contribution < 1.29 is 4.74 Å². The molecule has 1 aromatic rings. The van der Waals surface area contributed by atoms with E-state index in [1.165, 1.54) is 69.8 Å². The number of ether oxygens (including phenoxy) is 1. The zero-order valence-corrected chi connectivity index (χ0v) is 17.4. The molecule has 0 amide bonds. The van der Waals surface area contributed by atoms with Crippen LogP contribution in [0.1, 0.15) is 83.6 Å². The highest BCUT2D eigenvalue weighted by atomic mass is 31.1. The highest BCUT2D eigenvalue weighted by Crippen LogP contribution is 2.55. The van der Waals surface area contributed by atoms with E-state index in [4.69, 9.17) is 9.73 Å². The smallest absolute Gasteiger partial charge is 0.217 e. The van der Waals surface area contributed by atoms with Crippen molar-refractivity contribution in [2.45, 2.75) is 94.9 Å². The van der Waals surface area contributed by atoms with Crippen LogP contribution >= 0.6 is 7.92 Å². The number of rotatable bonds is 4. The van der Waals surface area contributed by atoms with Gasteiger partial charge in [0.25, 0.3) is 0 Å². The van der Waals surface area contributed by atoms with Crippen molar-refractivity contribution in [3.05, 3.63) is 29.8 Å². The lowest BCUT2D eigenvalue weighted by atomic mass is 9.99. The third-order valence-electron chi connectivity index (χ3n) is 6.32. The van der Waals surface area contributed by atoms with Gasteiger partial charge in [0.05, 0.1) is 5.54 Å². The number of aliphatic imine (C=N–C) groups is 1. The van der Waals surface area contributed by atoms with Crippen LogP contribution in [0, 0.1) is 0 Å². The van der Waals surface area contributed by atoms with Crippen molar-refractivity contribution in [3.63, 3.8) is 0 Å². The van der Waals surface area contributed by atoms with Crippen molar-refractivity contribution in [3.8, 4) is 0 Å². The number of hydrogen-bond acceptors (Lipinski definition) is 2. The summed E-state index contributed by atoms with van der Waals surface area (Å²) in [6.07, 6.45) is 14.4. The van der Waals surface area contributed by atoms with Crippen LogP contribution in [0.25, 0.3) is 0 Å². The average molecular weight is 372 g/mol. The minimum absolute atomic E-state index is 0.0825. The third-order valence-corrected chi connectivity index (χ3v) is 9.87. The van der Waals surface area contributed by atoms with Crippen molar-refractivity contribution in [2.75, 3.05) is 6.61 Å². The van der Waals surface area contributed by atoms with Gasteiger partial charge >= 0.3 is 0 Å². The SMILES string of the molecule is CC1(C)COC(c2ccccc2P(C2CCCCC2)C2CCCCC2)=N1. The Morgan fingerprint density at radius 3 is 2.00 bits per heavy atom. The van der Waals surface area contributed by atoms with Gasteiger partial charge in [-0.1, -0.05) is 64.6 Å². The van der Waals surface area contributed by atoms with Gasteiger partial charge in [0.1, 0.15) is 6.61 Å². The van der Waals surface area contributed by atoms with Crippen molar-refractivity contribution in [1.29, 1.82) is 0 Å². The largest absolute Gasteiger partial charge is 0.475 e. The van der Waals surface area contributed by atoms with E-state index < -0.39 is 0 Å². The molecular formula is C23H34NOP. The van der Waals surface area contributed by atoms with E-state index in [1.54, 1.807) is 5.30 Å². The van der Waals surface area contributed by atoms with Crippen LogP contribution in [0.5, 0.6) is 0 Å². The Hall–Kier alpha value is -0.880. The fourth-order valence-corrected chi connectivity index (χ4v) is 8.94. The van der Waals surface area contributed by atoms with Gasteiger partial charge in [-0.05, 0) is 62.2 Å². The van der Waals surface area contributed by atoms with E-state index in [0.717, 1.165) is 17.2 Å². The van der Waals surface area contributed by atoms with Crippen LogP contribution in [0.2, 0.25) is 0 Å². The Morgan fingerprint density at radius 1 is 0.885 bits per heavy atom. The Kier molecular flexibility index (Phi) is 5.69. The zero-order chi connectivity index (χ0) is 18.0. The second kappa shape index (κ2) is 8.01. The van der Waals surface area contributed by atoms with Crippen LogP contribution in [0.3, 0.4) is 0 Å². The van der Waals surface area contributed by atoms with Crippen molar-refractivity contribution in [2.24, 2.45) is 4.99 Å². The van der Waals surface area contributed by atoms with Gasteiger partial charge in [0.15, 0.2) is 0 Å². The quantitative estimate of drug-likeness (QED) is 0.594. The summed E-state index contributed by atoms with van der Waals surface area (Å²) < 4.78 is 6.08. The van der Waals surface area contributed by atoms with Crippen LogP contribution in [-0.2, 0) is 4.74 Å². The fourth-order valence-electron chi connectivity index (χ4n) is 5.01. The molecule has 0 unspecified atom stereocenters. The second-order valence-electron chi connectivity index (χ2n) is 9.03. The molecule has 0 spiro atoms. The molecule has 26 heavy (non-hydrogen) atoms. The first-order valence-corrected chi connectivity index (χ1v) is 12.2. The van der Waals surface area contributed by atoms with Gasteiger partial charge in [-0.2, -0.15) is 0 Å². The van der Waals surface area contributed by atoms with E-state index in [9.17, 15) is 0 Å². The highest BCUT2D eigenvalue weighted by molar-refractivity contribution is 7.67. The highest BCUT2D eigenvalue weighted by Gasteiger charge is 2.35. The summed E-state index contributed by atoms with van der Waals surface area (Å²) in [5, 5.41) is 1.60. The molecule has 0 bridgehead atoms. The molecule has 142 valence electrons. The van der Waals surface area contributed by atoms with Crippen LogP contribution in [0.4, 0.5) is 0 Å². The average Bonchev–Trinajstić information content (AvgIpc) is 3.04. The fraction of sp³-hybridized carbons (Fsp3) is 0.696. The summed E-state index contributed by atoms with van der Waals surface area (Å²) in [5.41, 5.74) is 3.05. The summed E-state index contributed by atoms with van der Waals surface area (Å²) in [5.74, 6) is 0.907. The molecule has 0 N–H and O–H groups in total. The number of benzene rings is 1. The number of hydrogen-bond donors (Lipinski definition) is 0. The summed E-state index contributed by atoms with van der Waals surface area (Å²) >= 11 is 0. The standard InChI is InChI=1S/C23H34NOP/c1-23(2)17-25-22(24-23)20-15-9-10-16-21(20)26(18-11-5-3-6-12-18)19-13-7-4-8-14-19/h9-10,15-16,18-19H,3-8,11-14,17H2,1-2H3. The second-order valence-corrected chi connectivity index (χ2v) is 11.8. The summed E-state index contributed by atoms with van der Waals surface area (Å²) in [6, 6.07) is 9.11. The molecule has 2 aliphatic carbocycles. The molecule has 4 rings (SSSR count). The monoisotopic (exact) mass is 371 g/mol. The Balaban J connectivity index is 1.71. The first-order chi connectivity index (χ1) is 12.6. The van der Waals surface area contributed by atoms with Crippen molar-refractivity contribution in [1.82, 2.24) is 0 Å². The number of nitrogens with zero attached hydrogens (tertiary/aromatic N) is 1. The minimum Gasteiger partial charge on any atom is -0.475 e. The van der Waals surface area contributed by atoms with Gasteiger partial charge in [-0.15, -0.1) is 0 Å². The molecular weight excluding hydrogens is 337 g/mol. The first kappa shape index (κ1) is 18.5. The maximum Gasteiger partial charge on any atom is 0.217 e. The molecule has 0 saturated heterocycles. The molecule has 0 atom stereocenters. The Morgan fingerprint density at radius 2 is 1.46 bits per heavy atom. The molecule has 1 heterocycles. The lowest BCUT2D eigenvalue weighted by Crippen LogP contribution is -2.29. The van der Waals surface area contributed by atoms with E-state index in [1.807, 2.05) is 0 Å². The van der Waals surface area contributed by atoms with Crippen LogP contribution in [0.15, 0.2) is 29.3 Å². The lowest BCUT2D eigenvalue weighted by molar-refractivity contribution is 0.279.